The Morgan fingerprint density at radius 3 is 2.12 bits per heavy atom. The van der Waals surface area contributed by atoms with Crippen LogP contribution in [0.3, 0.4) is 0 Å². The molecule has 34 heavy (non-hydrogen) atoms. The van der Waals surface area contributed by atoms with Gasteiger partial charge in [-0.2, -0.15) is 0 Å². The van der Waals surface area contributed by atoms with Gasteiger partial charge >= 0.3 is 12.1 Å². The van der Waals surface area contributed by atoms with Gasteiger partial charge in [0.1, 0.15) is 12.6 Å². The molecule has 7 heteroatoms. The fourth-order valence-corrected chi connectivity index (χ4v) is 4.46. The molecule has 2 aromatic rings. The first-order chi connectivity index (χ1) is 16.3. The number of nitrogens with one attached hydrogen (secondary N) is 2. The highest BCUT2D eigenvalue weighted by Gasteiger charge is 2.30. The van der Waals surface area contributed by atoms with Crippen LogP contribution < -0.4 is 10.6 Å². The molecule has 0 saturated heterocycles. The van der Waals surface area contributed by atoms with E-state index in [9.17, 15) is 14.4 Å². The molecule has 182 valence electrons. The van der Waals surface area contributed by atoms with Crippen LogP contribution >= 0.6 is 0 Å². The van der Waals surface area contributed by atoms with Crippen molar-refractivity contribution in [3.05, 3.63) is 59.7 Å². The van der Waals surface area contributed by atoms with Crippen LogP contribution in [-0.2, 0) is 14.3 Å². The van der Waals surface area contributed by atoms with Crippen molar-refractivity contribution in [3.63, 3.8) is 0 Å². The van der Waals surface area contributed by atoms with E-state index in [1.54, 1.807) is 0 Å². The molecule has 1 aliphatic carbocycles. The van der Waals surface area contributed by atoms with E-state index in [-0.39, 0.29) is 43.2 Å². The largest absolute Gasteiger partial charge is 0.481 e. The highest BCUT2D eigenvalue weighted by molar-refractivity contribution is 5.85. The molecular formula is C27H34N2O5. The van der Waals surface area contributed by atoms with E-state index in [2.05, 4.69) is 34.9 Å². The third-order valence-electron chi connectivity index (χ3n) is 6.45. The SMILES string of the molecule is CCC[C@@H](NC(=O)OCC1c2ccccc2-c2ccccc21)C(=O)NCC(CC(=O)O)C(C)C. The Balaban J connectivity index is 1.59. The van der Waals surface area contributed by atoms with Gasteiger partial charge in [0.05, 0.1) is 6.42 Å². The maximum atomic E-state index is 12.7. The van der Waals surface area contributed by atoms with Crippen molar-refractivity contribution in [3.8, 4) is 11.1 Å². The lowest BCUT2D eigenvalue weighted by Gasteiger charge is -2.23. The van der Waals surface area contributed by atoms with Crippen LogP contribution in [0, 0.1) is 11.8 Å². The molecular weight excluding hydrogens is 432 g/mol. The smallest absolute Gasteiger partial charge is 0.407 e. The summed E-state index contributed by atoms with van der Waals surface area (Å²) in [4.78, 5) is 36.4. The van der Waals surface area contributed by atoms with E-state index < -0.39 is 18.1 Å². The Hall–Kier alpha value is -3.35. The van der Waals surface area contributed by atoms with Crippen molar-refractivity contribution < 1.29 is 24.2 Å². The Labute approximate surface area is 200 Å². The minimum Gasteiger partial charge on any atom is -0.481 e. The Morgan fingerprint density at radius 1 is 1.00 bits per heavy atom. The fourth-order valence-electron chi connectivity index (χ4n) is 4.46. The summed E-state index contributed by atoms with van der Waals surface area (Å²) >= 11 is 0. The van der Waals surface area contributed by atoms with Gasteiger partial charge < -0.3 is 20.5 Å². The second-order valence-corrected chi connectivity index (χ2v) is 9.16. The molecule has 1 unspecified atom stereocenters. The number of ether oxygens (including phenoxy) is 1. The molecule has 0 radical (unpaired) electrons. The average molecular weight is 467 g/mol. The van der Waals surface area contributed by atoms with Gasteiger partial charge in [0.25, 0.3) is 0 Å². The van der Waals surface area contributed by atoms with E-state index >= 15 is 0 Å². The number of fused-ring (bicyclic) bond motifs is 3. The van der Waals surface area contributed by atoms with E-state index in [4.69, 9.17) is 9.84 Å². The molecule has 0 aliphatic heterocycles. The molecule has 3 N–H and O–H groups in total. The summed E-state index contributed by atoms with van der Waals surface area (Å²) in [5.41, 5.74) is 4.54. The van der Waals surface area contributed by atoms with Gasteiger partial charge in [0.2, 0.25) is 5.91 Å². The molecule has 2 amide bonds. The van der Waals surface area contributed by atoms with Crippen LogP contribution in [-0.4, -0.2) is 42.3 Å². The summed E-state index contributed by atoms with van der Waals surface area (Å²) in [5.74, 6) is -1.35. The number of amides is 2. The highest BCUT2D eigenvalue weighted by Crippen LogP contribution is 2.44. The standard InChI is InChI=1S/C27H34N2O5/c1-4-9-24(26(32)28-15-18(17(2)3)14-25(30)31)29-27(33)34-16-23-21-12-7-5-10-19(21)20-11-6-8-13-22(20)23/h5-8,10-13,17-18,23-24H,4,9,14-16H2,1-3H3,(H,28,32)(H,29,33)(H,30,31)/t18?,24-/m1/s1. The summed E-state index contributed by atoms with van der Waals surface area (Å²) in [6.07, 6.45) is 0.503. The van der Waals surface area contributed by atoms with Gasteiger partial charge in [0.15, 0.2) is 0 Å². The van der Waals surface area contributed by atoms with E-state index in [1.807, 2.05) is 45.0 Å². The number of carbonyl (C=O) groups excluding carboxylic acids is 2. The van der Waals surface area contributed by atoms with Gasteiger partial charge in [-0.3, -0.25) is 9.59 Å². The van der Waals surface area contributed by atoms with Crippen molar-refractivity contribution in [2.75, 3.05) is 13.2 Å². The Kier molecular flexibility index (Phi) is 8.68. The van der Waals surface area contributed by atoms with Gasteiger partial charge in [-0.25, -0.2) is 4.79 Å². The van der Waals surface area contributed by atoms with E-state index in [1.165, 1.54) is 0 Å². The zero-order valence-corrected chi connectivity index (χ0v) is 20.0. The van der Waals surface area contributed by atoms with Crippen LogP contribution in [0.4, 0.5) is 4.79 Å². The molecule has 0 saturated carbocycles. The minimum atomic E-state index is -0.894. The first kappa shape index (κ1) is 25.3. The van der Waals surface area contributed by atoms with Crippen LogP contribution in [0.15, 0.2) is 48.5 Å². The van der Waals surface area contributed by atoms with Gasteiger partial charge in [-0.05, 0) is 40.5 Å². The second-order valence-electron chi connectivity index (χ2n) is 9.16. The maximum Gasteiger partial charge on any atom is 0.407 e. The number of carboxylic acid groups (broad SMARTS) is 1. The van der Waals surface area contributed by atoms with Crippen molar-refractivity contribution in [1.82, 2.24) is 10.6 Å². The predicted molar refractivity (Wildman–Crippen MR) is 130 cm³/mol. The van der Waals surface area contributed by atoms with Gasteiger partial charge in [-0.15, -0.1) is 0 Å². The van der Waals surface area contributed by atoms with Gasteiger partial charge in [-0.1, -0.05) is 75.7 Å². The molecule has 2 aromatic carbocycles. The van der Waals surface area contributed by atoms with Crippen molar-refractivity contribution in [1.29, 1.82) is 0 Å². The molecule has 3 rings (SSSR count). The average Bonchev–Trinajstić information content (AvgIpc) is 3.13. The molecule has 0 bridgehead atoms. The highest BCUT2D eigenvalue weighted by atomic mass is 16.5. The predicted octanol–water partition coefficient (Wildman–Crippen LogP) is 4.56. The molecule has 0 spiro atoms. The minimum absolute atomic E-state index is 0.0177. The molecule has 0 aromatic heterocycles. The number of alkyl carbamates (subject to hydrolysis) is 1. The fraction of sp³-hybridized carbons (Fsp3) is 0.444. The lowest BCUT2D eigenvalue weighted by molar-refractivity contribution is -0.138. The third kappa shape index (κ3) is 6.16. The summed E-state index contributed by atoms with van der Waals surface area (Å²) in [6, 6.07) is 15.5. The number of benzene rings is 2. The maximum absolute atomic E-state index is 12.7. The number of aliphatic carboxylic acids is 1. The monoisotopic (exact) mass is 466 g/mol. The normalized spacial score (nSPS) is 14.1. The van der Waals surface area contributed by atoms with Crippen LogP contribution in [0.1, 0.15) is 57.1 Å². The first-order valence-corrected chi connectivity index (χ1v) is 11.9. The summed E-state index contributed by atoms with van der Waals surface area (Å²) in [6.45, 7) is 6.21. The van der Waals surface area contributed by atoms with Crippen LogP contribution in [0.2, 0.25) is 0 Å². The third-order valence-corrected chi connectivity index (χ3v) is 6.45. The van der Waals surface area contributed by atoms with E-state index in [0.717, 1.165) is 22.3 Å². The Morgan fingerprint density at radius 2 is 1.59 bits per heavy atom. The first-order valence-electron chi connectivity index (χ1n) is 11.9. The summed E-state index contributed by atoms with van der Waals surface area (Å²) in [5, 5.41) is 14.6. The lowest BCUT2D eigenvalue weighted by Crippen LogP contribution is -2.48. The van der Waals surface area contributed by atoms with Gasteiger partial charge in [0, 0.05) is 12.5 Å². The van der Waals surface area contributed by atoms with Crippen molar-refractivity contribution in [2.45, 2.75) is 52.0 Å². The zero-order chi connectivity index (χ0) is 24.7. The lowest BCUT2D eigenvalue weighted by atomic mass is 9.92. The van der Waals surface area contributed by atoms with Crippen molar-refractivity contribution in [2.24, 2.45) is 11.8 Å². The van der Waals surface area contributed by atoms with Crippen molar-refractivity contribution >= 4 is 18.0 Å². The van der Waals surface area contributed by atoms with Crippen LogP contribution in [0.25, 0.3) is 11.1 Å². The number of rotatable bonds is 11. The number of hydrogen-bond acceptors (Lipinski definition) is 4. The quantitative estimate of drug-likeness (QED) is 0.450. The topological polar surface area (TPSA) is 105 Å². The number of carbonyl (C=O) groups is 3. The zero-order valence-electron chi connectivity index (χ0n) is 20.0. The molecule has 7 nitrogen and oxygen atoms in total. The van der Waals surface area contributed by atoms with Crippen LogP contribution in [0.5, 0.6) is 0 Å². The molecule has 0 fully saturated rings. The molecule has 0 heterocycles. The second kappa shape index (κ2) is 11.7. The Bertz CT molecular complexity index is 974. The number of carboxylic acids is 1. The molecule has 1 aliphatic rings. The van der Waals surface area contributed by atoms with E-state index in [0.29, 0.717) is 12.8 Å². The number of hydrogen-bond donors (Lipinski definition) is 3. The summed E-state index contributed by atoms with van der Waals surface area (Å²) < 4.78 is 5.58. The molecule has 2 atom stereocenters. The summed E-state index contributed by atoms with van der Waals surface area (Å²) in [7, 11) is 0.